The van der Waals surface area contributed by atoms with Gasteiger partial charge >= 0.3 is 0 Å². The van der Waals surface area contributed by atoms with Crippen molar-refractivity contribution < 1.29 is 9.13 Å². The first-order valence-electron chi connectivity index (χ1n) is 6.73. The lowest BCUT2D eigenvalue weighted by Crippen LogP contribution is -2.33. The zero-order valence-corrected chi connectivity index (χ0v) is 12.0. The normalized spacial score (nSPS) is 20.2. The molecule has 0 aliphatic carbocycles. The Morgan fingerprint density at radius 1 is 1.24 bits per heavy atom. The van der Waals surface area contributed by atoms with E-state index in [1.807, 2.05) is 24.3 Å². The van der Waals surface area contributed by atoms with Crippen molar-refractivity contribution in [2.24, 2.45) is 0 Å². The van der Waals surface area contributed by atoms with E-state index in [-0.39, 0.29) is 5.02 Å². The van der Waals surface area contributed by atoms with Crippen LogP contribution >= 0.6 is 11.6 Å². The third-order valence-electron chi connectivity index (χ3n) is 3.93. The van der Waals surface area contributed by atoms with E-state index in [4.69, 9.17) is 16.3 Å². The van der Waals surface area contributed by atoms with Crippen LogP contribution < -0.4 is 4.74 Å². The fourth-order valence-electron chi connectivity index (χ4n) is 2.81. The van der Waals surface area contributed by atoms with Gasteiger partial charge < -0.3 is 4.74 Å². The lowest BCUT2D eigenvalue weighted by molar-refractivity contribution is 0.241. The number of nitrogens with zero attached hydrogens (tertiary/aromatic N) is 1. The van der Waals surface area contributed by atoms with E-state index in [2.05, 4.69) is 6.07 Å². The maximum atomic E-state index is 13.6. The number of nitriles is 1. The van der Waals surface area contributed by atoms with E-state index < -0.39 is 11.2 Å². The minimum atomic E-state index is -0.730. The molecule has 2 nitrogen and oxygen atoms in total. The topological polar surface area (TPSA) is 33.0 Å². The summed E-state index contributed by atoms with van der Waals surface area (Å²) in [7, 11) is 0. The molecular weight excluding hydrogens is 289 g/mol. The highest BCUT2D eigenvalue weighted by Crippen LogP contribution is 2.41. The van der Waals surface area contributed by atoms with Crippen LogP contribution in [0.15, 0.2) is 42.5 Å². The largest absolute Gasteiger partial charge is 0.493 e. The Hall–Kier alpha value is -2.05. The number of halogens is 2. The van der Waals surface area contributed by atoms with Crippen LogP contribution in [0.3, 0.4) is 0 Å². The smallest absolute Gasteiger partial charge is 0.142 e. The highest BCUT2D eigenvalue weighted by Gasteiger charge is 2.38. The van der Waals surface area contributed by atoms with E-state index in [0.717, 1.165) is 11.3 Å². The molecule has 0 fully saturated rings. The average molecular weight is 302 g/mol. The van der Waals surface area contributed by atoms with E-state index in [0.29, 0.717) is 25.0 Å². The molecule has 0 spiro atoms. The lowest BCUT2D eigenvalue weighted by Gasteiger charge is -2.33. The first kappa shape index (κ1) is 13.9. The van der Waals surface area contributed by atoms with E-state index in [1.165, 1.54) is 6.07 Å². The molecule has 2 aromatic rings. The van der Waals surface area contributed by atoms with Crippen LogP contribution in [-0.2, 0) is 11.8 Å². The summed E-state index contributed by atoms with van der Waals surface area (Å²) >= 11 is 6.04. The summed E-state index contributed by atoms with van der Waals surface area (Å²) < 4.78 is 19.2. The maximum Gasteiger partial charge on any atom is 0.142 e. The second-order valence-corrected chi connectivity index (χ2v) is 5.56. The van der Waals surface area contributed by atoms with Gasteiger partial charge in [-0.15, -0.1) is 0 Å². The van der Waals surface area contributed by atoms with Crippen LogP contribution in [0.1, 0.15) is 17.5 Å². The summed E-state index contributed by atoms with van der Waals surface area (Å²) in [5.74, 6) is 0.264. The highest BCUT2D eigenvalue weighted by atomic mass is 35.5. The van der Waals surface area contributed by atoms with Gasteiger partial charge in [-0.25, -0.2) is 4.39 Å². The highest BCUT2D eigenvalue weighted by molar-refractivity contribution is 6.31. The fraction of sp³-hybridized carbons (Fsp3) is 0.235. The molecule has 1 aliphatic rings. The number of hydrogen-bond acceptors (Lipinski definition) is 2. The van der Waals surface area contributed by atoms with Crippen molar-refractivity contribution >= 4 is 11.6 Å². The van der Waals surface area contributed by atoms with Crippen molar-refractivity contribution in [3.05, 3.63) is 64.4 Å². The molecule has 21 heavy (non-hydrogen) atoms. The number of para-hydroxylation sites is 1. The van der Waals surface area contributed by atoms with Gasteiger partial charge in [-0.05, 0) is 24.1 Å². The minimum Gasteiger partial charge on any atom is -0.493 e. The predicted molar refractivity (Wildman–Crippen MR) is 79.0 cm³/mol. The maximum absolute atomic E-state index is 13.6. The van der Waals surface area contributed by atoms with Crippen LogP contribution in [0.2, 0.25) is 5.02 Å². The van der Waals surface area contributed by atoms with Crippen molar-refractivity contribution in [2.75, 3.05) is 6.61 Å². The number of ether oxygens (including phenoxy) is 1. The van der Waals surface area contributed by atoms with E-state index in [1.54, 1.807) is 12.1 Å². The fourth-order valence-corrected chi connectivity index (χ4v) is 3.00. The molecule has 1 atom stereocenters. The number of benzene rings is 2. The quantitative estimate of drug-likeness (QED) is 0.830. The number of rotatable bonds is 2. The van der Waals surface area contributed by atoms with Crippen LogP contribution in [0, 0.1) is 17.1 Å². The van der Waals surface area contributed by atoms with Gasteiger partial charge in [-0.2, -0.15) is 5.26 Å². The molecular formula is C17H13ClFNO. The Morgan fingerprint density at radius 3 is 2.86 bits per heavy atom. The van der Waals surface area contributed by atoms with Crippen molar-refractivity contribution in [3.63, 3.8) is 0 Å². The number of hydrogen-bond donors (Lipinski definition) is 0. The van der Waals surface area contributed by atoms with Gasteiger partial charge in [-0.3, -0.25) is 0 Å². The molecule has 0 aromatic heterocycles. The lowest BCUT2D eigenvalue weighted by atomic mass is 9.73. The van der Waals surface area contributed by atoms with Crippen LogP contribution in [-0.4, -0.2) is 6.61 Å². The molecule has 4 heteroatoms. The predicted octanol–water partition coefficient (Wildman–Crippen LogP) is 4.27. The zero-order chi connectivity index (χ0) is 14.9. The van der Waals surface area contributed by atoms with E-state index in [9.17, 15) is 9.65 Å². The minimum absolute atomic E-state index is 0.0936. The molecule has 3 rings (SSSR count). The van der Waals surface area contributed by atoms with Crippen LogP contribution in [0.5, 0.6) is 5.75 Å². The Balaban J connectivity index is 2.07. The second kappa shape index (κ2) is 5.38. The van der Waals surface area contributed by atoms with Crippen LogP contribution in [0.25, 0.3) is 0 Å². The summed E-state index contributed by atoms with van der Waals surface area (Å²) in [5.41, 5.74) is 0.765. The number of fused-ring (bicyclic) bond motifs is 1. The van der Waals surface area contributed by atoms with Gasteiger partial charge in [0.15, 0.2) is 0 Å². The standard InChI is InChI=1S/C17H13ClFNO/c18-16-12(4-3-6-14(16)19)10-17(11-20)8-9-21-15-7-2-1-5-13(15)17/h1-7H,8-10H2. The zero-order valence-electron chi connectivity index (χ0n) is 11.3. The SMILES string of the molecule is N#CC1(Cc2cccc(F)c2Cl)CCOc2ccccc21. The Morgan fingerprint density at radius 2 is 2.05 bits per heavy atom. The molecule has 1 aliphatic heterocycles. The molecule has 1 unspecified atom stereocenters. The van der Waals surface area contributed by atoms with Crippen molar-refractivity contribution in [2.45, 2.75) is 18.3 Å². The van der Waals surface area contributed by atoms with Gasteiger partial charge in [0.25, 0.3) is 0 Å². The molecule has 0 N–H and O–H groups in total. The van der Waals surface area contributed by atoms with Crippen molar-refractivity contribution in [1.29, 1.82) is 5.26 Å². The second-order valence-electron chi connectivity index (χ2n) is 5.18. The summed E-state index contributed by atoms with van der Waals surface area (Å²) in [6.07, 6.45) is 0.938. The third kappa shape index (κ3) is 2.36. The molecule has 0 saturated carbocycles. The van der Waals surface area contributed by atoms with Gasteiger partial charge in [-0.1, -0.05) is 41.9 Å². The summed E-state index contributed by atoms with van der Waals surface area (Å²) in [4.78, 5) is 0. The Labute approximate surface area is 127 Å². The molecule has 1 heterocycles. The third-order valence-corrected chi connectivity index (χ3v) is 4.35. The Bertz CT molecular complexity index is 725. The molecule has 106 valence electrons. The first-order valence-corrected chi connectivity index (χ1v) is 7.10. The average Bonchev–Trinajstić information content (AvgIpc) is 2.52. The van der Waals surface area contributed by atoms with Gasteiger partial charge in [0.2, 0.25) is 0 Å². The molecule has 0 bridgehead atoms. The molecule has 0 saturated heterocycles. The molecule has 0 amide bonds. The summed E-state index contributed by atoms with van der Waals surface area (Å²) in [6, 6.07) is 14.6. The van der Waals surface area contributed by atoms with Crippen molar-refractivity contribution in [3.8, 4) is 11.8 Å². The molecule has 2 aromatic carbocycles. The Kier molecular flexibility index (Phi) is 3.57. The van der Waals surface area contributed by atoms with Crippen molar-refractivity contribution in [1.82, 2.24) is 0 Å². The van der Waals surface area contributed by atoms with E-state index >= 15 is 0 Å². The first-order chi connectivity index (χ1) is 10.2. The monoisotopic (exact) mass is 301 g/mol. The van der Waals surface area contributed by atoms with Gasteiger partial charge in [0, 0.05) is 12.0 Å². The van der Waals surface area contributed by atoms with Gasteiger partial charge in [0.05, 0.1) is 23.1 Å². The van der Waals surface area contributed by atoms with Crippen LogP contribution in [0.4, 0.5) is 4.39 Å². The summed E-state index contributed by atoms with van der Waals surface area (Å²) in [5, 5.41) is 9.86. The summed E-state index contributed by atoms with van der Waals surface area (Å²) in [6.45, 7) is 0.470. The molecule has 0 radical (unpaired) electrons. The van der Waals surface area contributed by atoms with Gasteiger partial charge in [0.1, 0.15) is 11.6 Å².